The predicted molar refractivity (Wildman–Crippen MR) is 102 cm³/mol. The van der Waals surface area contributed by atoms with Crippen LogP contribution >= 0.6 is 0 Å². The Morgan fingerprint density at radius 2 is 1.89 bits per heavy atom. The summed E-state index contributed by atoms with van der Waals surface area (Å²) in [6.07, 6.45) is 2.05. The molecule has 27 heavy (non-hydrogen) atoms. The lowest BCUT2D eigenvalue weighted by Crippen LogP contribution is -2.26. The van der Waals surface area contributed by atoms with Gasteiger partial charge in [-0.15, -0.1) is 0 Å². The molecular weight excluding hydrogens is 344 g/mol. The summed E-state index contributed by atoms with van der Waals surface area (Å²) in [4.78, 5) is 20.7. The standard InChI is InChI=1S/C20H20N4O3/c1-27-16-8-6-15(7-9-16)23-20-22-13-11-17(24-20)19(26)21-12-10-14-4-2-3-5-18(14)25/h2-9,11,13,25H,10,12H2,1H3,(H,21,26)(H,22,23,24). The van der Waals surface area contributed by atoms with Gasteiger partial charge < -0.3 is 20.5 Å². The van der Waals surface area contributed by atoms with Gasteiger partial charge in [-0.2, -0.15) is 0 Å². The zero-order chi connectivity index (χ0) is 19.1. The number of ether oxygens (including phenoxy) is 1. The molecule has 7 nitrogen and oxygen atoms in total. The molecule has 2 aromatic carbocycles. The second-order valence-corrected chi connectivity index (χ2v) is 5.75. The van der Waals surface area contributed by atoms with Crippen molar-refractivity contribution >= 4 is 17.5 Å². The number of phenols is 1. The van der Waals surface area contributed by atoms with E-state index in [1.54, 1.807) is 25.3 Å². The minimum absolute atomic E-state index is 0.222. The number of benzene rings is 2. The Kier molecular flexibility index (Phi) is 5.84. The molecule has 7 heteroatoms. The summed E-state index contributed by atoms with van der Waals surface area (Å²) in [7, 11) is 1.60. The van der Waals surface area contributed by atoms with Gasteiger partial charge in [-0.3, -0.25) is 4.79 Å². The molecule has 0 atom stereocenters. The zero-order valence-electron chi connectivity index (χ0n) is 14.8. The number of hydrogen-bond acceptors (Lipinski definition) is 6. The van der Waals surface area contributed by atoms with Crippen LogP contribution in [0.5, 0.6) is 11.5 Å². The number of nitrogens with zero attached hydrogens (tertiary/aromatic N) is 2. The first kappa shape index (κ1) is 18.2. The third-order valence-corrected chi connectivity index (χ3v) is 3.91. The van der Waals surface area contributed by atoms with Crippen molar-refractivity contribution in [1.82, 2.24) is 15.3 Å². The topological polar surface area (TPSA) is 96.4 Å². The minimum Gasteiger partial charge on any atom is -0.508 e. The molecule has 0 saturated heterocycles. The Bertz CT molecular complexity index is 913. The van der Waals surface area contributed by atoms with Crippen molar-refractivity contribution < 1.29 is 14.6 Å². The summed E-state index contributed by atoms with van der Waals surface area (Å²) in [5.41, 5.74) is 1.83. The van der Waals surface area contributed by atoms with Crippen molar-refractivity contribution in [3.63, 3.8) is 0 Å². The molecule has 0 fully saturated rings. The Morgan fingerprint density at radius 1 is 1.11 bits per heavy atom. The van der Waals surface area contributed by atoms with Crippen LogP contribution in [0.25, 0.3) is 0 Å². The number of para-hydroxylation sites is 1. The highest BCUT2D eigenvalue weighted by atomic mass is 16.5. The number of carbonyl (C=O) groups is 1. The summed E-state index contributed by atoms with van der Waals surface area (Å²) in [6, 6.07) is 15.9. The SMILES string of the molecule is COc1ccc(Nc2nccc(C(=O)NCCc3ccccc3O)n2)cc1. The van der Waals surface area contributed by atoms with Crippen LogP contribution in [0.15, 0.2) is 60.8 Å². The number of carbonyl (C=O) groups excluding carboxylic acids is 1. The lowest BCUT2D eigenvalue weighted by atomic mass is 10.1. The molecule has 0 aliphatic carbocycles. The molecular formula is C20H20N4O3. The zero-order valence-corrected chi connectivity index (χ0v) is 14.8. The van der Waals surface area contributed by atoms with E-state index in [2.05, 4.69) is 20.6 Å². The van der Waals surface area contributed by atoms with Gasteiger partial charge >= 0.3 is 0 Å². The fraction of sp³-hybridized carbons (Fsp3) is 0.150. The third kappa shape index (κ3) is 4.94. The van der Waals surface area contributed by atoms with E-state index in [0.29, 0.717) is 18.9 Å². The molecule has 1 heterocycles. The Labute approximate surface area is 157 Å². The fourth-order valence-corrected chi connectivity index (χ4v) is 2.47. The number of anilines is 2. The average molecular weight is 364 g/mol. The normalized spacial score (nSPS) is 10.3. The Balaban J connectivity index is 1.58. The Morgan fingerprint density at radius 3 is 2.63 bits per heavy atom. The first-order chi connectivity index (χ1) is 13.2. The molecule has 1 amide bonds. The number of aromatic nitrogens is 2. The number of rotatable bonds is 7. The van der Waals surface area contributed by atoms with Gasteiger partial charge in [-0.1, -0.05) is 18.2 Å². The molecule has 0 aliphatic heterocycles. The lowest BCUT2D eigenvalue weighted by molar-refractivity contribution is 0.0949. The van der Waals surface area contributed by atoms with Gasteiger partial charge in [0.05, 0.1) is 7.11 Å². The van der Waals surface area contributed by atoms with E-state index in [-0.39, 0.29) is 17.4 Å². The molecule has 0 aliphatic rings. The van der Waals surface area contributed by atoms with Crippen molar-refractivity contribution in [3.8, 4) is 11.5 Å². The number of methoxy groups -OCH3 is 1. The number of hydrogen-bond donors (Lipinski definition) is 3. The molecule has 0 radical (unpaired) electrons. The summed E-state index contributed by atoms with van der Waals surface area (Å²) in [6.45, 7) is 0.391. The minimum atomic E-state index is -0.300. The van der Waals surface area contributed by atoms with Crippen molar-refractivity contribution in [1.29, 1.82) is 0 Å². The van der Waals surface area contributed by atoms with Crippen LogP contribution < -0.4 is 15.4 Å². The summed E-state index contributed by atoms with van der Waals surface area (Å²) < 4.78 is 5.12. The van der Waals surface area contributed by atoms with Crippen LogP contribution in [0.3, 0.4) is 0 Å². The van der Waals surface area contributed by atoms with Crippen LogP contribution in [0.2, 0.25) is 0 Å². The Hall–Kier alpha value is -3.61. The van der Waals surface area contributed by atoms with E-state index in [1.807, 2.05) is 36.4 Å². The highest BCUT2D eigenvalue weighted by Gasteiger charge is 2.09. The van der Waals surface area contributed by atoms with E-state index >= 15 is 0 Å². The fourth-order valence-electron chi connectivity index (χ4n) is 2.47. The van der Waals surface area contributed by atoms with Gasteiger partial charge in [0, 0.05) is 18.4 Å². The molecule has 1 aromatic heterocycles. The van der Waals surface area contributed by atoms with E-state index in [4.69, 9.17) is 4.74 Å². The molecule has 3 N–H and O–H groups in total. The van der Waals surface area contributed by atoms with Crippen molar-refractivity contribution in [3.05, 3.63) is 72.1 Å². The highest BCUT2D eigenvalue weighted by Crippen LogP contribution is 2.18. The van der Waals surface area contributed by atoms with Gasteiger partial charge in [0.15, 0.2) is 0 Å². The first-order valence-corrected chi connectivity index (χ1v) is 8.45. The van der Waals surface area contributed by atoms with Gasteiger partial charge in [0.2, 0.25) is 5.95 Å². The van der Waals surface area contributed by atoms with E-state index in [1.165, 1.54) is 6.20 Å². The second kappa shape index (κ2) is 8.66. The number of phenolic OH excluding ortho intramolecular Hbond substituents is 1. The van der Waals surface area contributed by atoms with Crippen LogP contribution in [-0.4, -0.2) is 34.6 Å². The molecule has 138 valence electrons. The van der Waals surface area contributed by atoms with Gasteiger partial charge in [-0.05, 0) is 48.4 Å². The van der Waals surface area contributed by atoms with Gasteiger partial charge in [0.1, 0.15) is 17.2 Å². The van der Waals surface area contributed by atoms with Crippen molar-refractivity contribution in [2.45, 2.75) is 6.42 Å². The molecule has 0 bridgehead atoms. The third-order valence-electron chi connectivity index (χ3n) is 3.91. The molecule has 0 saturated carbocycles. The maximum Gasteiger partial charge on any atom is 0.270 e. The maximum absolute atomic E-state index is 12.3. The number of amides is 1. The summed E-state index contributed by atoms with van der Waals surface area (Å²) in [5, 5.41) is 15.6. The van der Waals surface area contributed by atoms with Gasteiger partial charge in [-0.25, -0.2) is 9.97 Å². The van der Waals surface area contributed by atoms with Gasteiger partial charge in [0.25, 0.3) is 5.91 Å². The summed E-state index contributed by atoms with van der Waals surface area (Å²) >= 11 is 0. The molecule has 0 spiro atoms. The number of aromatic hydroxyl groups is 1. The first-order valence-electron chi connectivity index (χ1n) is 8.45. The average Bonchev–Trinajstić information content (AvgIpc) is 2.70. The van der Waals surface area contributed by atoms with Crippen LogP contribution in [0.4, 0.5) is 11.6 Å². The number of nitrogens with one attached hydrogen (secondary N) is 2. The second-order valence-electron chi connectivity index (χ2n) is 5.75. The highest BCUT2D eigenvalue weighted by molar-refractivity contribution is 5.92. The maximum atomic E-state index is 12.3. The monoisotopic (exact) mass is 364 g/mol. The van der Waals surface area contributed by atoms with E-state index < -0.39 is 0 Å². The largest absolute Gasteiger partial charge is 0.508 e. The predicted octanol–water partition coefficient (Wildman–Crippen LogP) is 2.91. The quantitative estimate of drug-likeness (QED) is 0.596. The van der Waals surface area contributed by atoms with Crippen LogP contribution in [0, 0.1) is 0 Å². The molecule has 3 rings (SSSR count). The van der Waals surface area contributed by atoms with Crippen molar-refractivity contribution in [2.75, 3.05) is 19.0 Å². The molecule has 0 unspecified atom stereocenters. The van der Waals surface area contributed by atoms with E-state index in [0.717, 1.165) is 17.0 Å². The van der Waals surface area contributed by atoms with Crippen LogP contribution in [0.1, 0.15) is 16.1 Å². The van der Waals surface area contributed by atoms with E-state index in [9.17, 15) is 9.90 Å². The molecule has 3 aromatic rings. The summed E-state index contributed by atoms with van der Waals surface area (Å²) in [5.74, 6) is 0.998. The van der Waals surface area contributed by atoms with Crippen molar-refractivity contribution in [2.24, 2.45) is 0 Å². The lowest BCUT2D eigenvalue weighted by Gasteiger charge is -2.08. The van der Waals surface area contributed by atoms with Crippen LogP contribution in [-0.2, 0) is 6.42 Å². The smallest absolute Gasteiger partial charge is 0.270 e.